The van der Waals surface area contributed by atoms with Gasteiger partial charge in [0.15, 0.2) is 5.17 Å². The van der Waals surface area contributed by atoms with Crippen molar-refractivity contribution in [2.24, 2.45) is 4.99 Å². The SMILES string of the molecule is Cc1ccc(-n2ncc(C(=O)NC3=NCCS3)c2C2CC2)cc1Cl. The number of amides is 1. The minimum absolute atomic E-state index is 0.130. The molecule has 0 saturated heterocycles. The maximum absolute atomic E-state index is 12.6. The van der Waals surface area contributed by atoms with E-state index in [0.717, 1.165) is 42.1 Å². The van der Waals surface area contributed by atoms with E-state index in [-0.39, 0.29) is 5.91 Å². The number of carbonyl (C=O) groups is 1. The van der Waals surface area contributed by atoms with Gasteiger partial charge in [-0.15, -0.1) is 0 Å². The van der Waals surface area contributed by atoms with Crippen molar-refractivity contribution < 1.29 is 4.79 Å². The third-order valence-electron chi connectivity index (χ3n) is 4.22. The van der Waals surface area contributed by atoms with E-state index in [1.165, 1.54) is 0 Å². The van der Waals surface area contributed by atoms with Crippen molar-refractivity contribution in [2.75, 3.05) is 12.3 Å². The number of halogens is 1. The Morgan fingerprint density at radius 1 is 1.42 bits per heavy atom. The second-order valence-electron chi connectivity index (χ2n) is 6.05. The monoisotopic (exact) mass is 360 g/mol. The predicted molar refractivity (Wildman–Crippen MR) is 97.5 cm³/mol. The van der Waals surface area contributed by atoms with Gasteiger partial charge < -0.3 is 5.32 Å². The molecule has 1 saturated carbocycles. The Morgan fingerprint density at radius 2 is 2.25 bits per heavy atom. The number of rotatable bonds is 3. The molecule has 4 rings (SSSR count). The predicted octanol–water partition coefficient (Wildman–Crippen LogP) is 3.54. The van der Waals surface area contributed by atoms with Gasteiger partial charge in [-0.2, -0.15) is 5.10 Å². The van der Waals surface area contributed by atoms with Crippen LogP contribution in [0.25, 0.3) is 5.69 Å². The van der Waals surface area contributed by atoms with Crippen LogP contribution in [0.3, 0.4) is 0 Å². The smallest absolute Gasteiger partial charge is 0.260 e. The van der Waals surface area contributed by atoms with Crippen LogP contribution in [-0.4, -0.2) is 33.2 Å². The summed E-state index contributed by atoms with van der Waals surface area (Å²) in [6.45, 7) is 2.73. The number of hydrogen-bond donors (Lipinski definition) is 1. The summed E-state index contributed by atoms with van der Waals surface area (Å²) in [4.78, 5) is 16.9. The minimum Gasteiger partial charge on any atom is -0.301 e. The fourth-order valence-corrected chi connectivity index (χ4v) is 3.68. The highest BCUT2D eigenvalue weighted by Crippen LogP contribution is 2.42. The number of thioether (sulfide) groups is 1. The average molecular weight is 361 g/mol. The molecule has 0 bridgehead atoms. The summed E-state index contributed by atoms with van der Waals surface area (Å²) in [5.41, 5.74) is 3.51. The molecule has 124 valence electrons. The number of aromatic nitrogens is 2. The van der Waals surface area contributed by atoms with E-state index in [1.807, 2.05) is 29.8 Å². The van der Waals surface area contributed by atoms with Crippen LogP contribution in [0.15, 0.2) is 29.4 Å². The lowest BCUT2D eigenvalue weighted by Gasteiger charge is -2.10. The van der Waals surface area contributed by atoms with Crippen LogP contribution in [0.1, 0.15) is 40.4 Å². The Hall–Kier alpha value is -1.79. The van der Waals surface area contributed by atoms with Crippen molar-refractivity contribution in [3.63, 3.8) is 0 Å². The van der Waals surface area contributed by atoms with Gasteiger partial charge in [0.25, 0.3) is 5.91 Å². The number of amidine groups is 1. The molecule has 0 unspecified atom stereocenters. The molecule has 5 nitrogen and oxygen atoms in total. The van der Waals surface area contributed by atoms with Crippen molar-refractivity contribution in [1.29, 1.82) is 0 Å². The van der Waals surface area contributed by atoms with Gasteiger partial charge >= 0.3 is 0 Å². The summed E-state index contributed by atoms with van der Waals surface area (Å²) in [7, 11) is 0. The molecule has 0 radical (unpaired) electrons. The molecule has 7 heteroatoms. The molecule has 1 aliphatic carbocycles. The van der Waals surface area contributed by atoms with E-state index in [0.29, 0.717) is 21.7 Å². The molecule has 1 aliphatic heterocycles. The number of aliphatic imine (C=N–C) groups is 1. The van der Waals surface area contributed by atoms with Crippen LogP contribution in [-0.2, 0) is 0 Å². The van der Waals surface area contributed by atoms with Gasteiger partial charge in [-0.25, -0.2) is 4.68 Å². The zero-order valence-electron chi connectivity index (χ0n) is 13.3. The molecule has 1 N–H and O–H groups in total. The first-order valence-corrected chi connectivity index (χ1v) is 9.33. The fraction of sp³-hybridized carbons (Fsp3) is 0.353. The average Bonchev–Trinajstić information content (AvgIpc) is 3.09. The van der Waals surface area contributed by atoms with Crippen LogP contribution < -0.4 is 5.32 Å². The van der Waals surface area contributed by atoms with E-state index in [4.69, 9.17) is 11.6 Å². The molecule has 2 aliphatic rings. The van der Waals surface area contributed by atoms with Crippen LogP contribution in [0.5, 0.6) is 0 Å². The molecule has 0 atom stereocenters. The first kappa shape index (κ1) is 15.7. The molecular formula is C17H17ClN4OS. The minimum atomic E-state index is -0.130. The highest BCUT2D eigenvalue weighted by atomic mass is 35.5. The van der Waals surface area contributed by atoms with Crippen molar-refractivity contribution >= 4 is 34.4 Å². The van der Waals surface area contributed by atoms with Crippen LogP contribution in [0.2, 0.25) is 5.02 Å². The van der Waals surface area contributed by atoms with Crippen molar-refractivity contribution in [3.05, 3.63) is 46.2 Å². The second kappa shape index (κ2) is 6.26. The maximum Gasteiger partial charge on any atom is 0.260 e. The summed E-state index contributed by atoms with van der Waals surface area (Å²) < 4.78 is 1.85. The zero-order chi connectivity index (χ0) is 16.7. The van der Waals surface area contributed by atoms with Gasteiger partial charge in [-0.05, 0) is 37.5 Å². The van der Waals surface area contributed by atoms with E-state index in [2.05, 4.69) is 15.4 Å². The lowest BCUT2D eigenvalue weighted by molar-refractivity contribution is 0.0977. The van der Waals surface area contributed by atoms with E-state index in [1.54, 1.807) is 18.0 Å². The number of aryl methyl sites for hydroxylation is 1. The van der Waals surface area contributed by atoms with Crippen LogP contribution in [0.4, 0.5) is 0 Å². The highest BCUT2D eigenvalue weighted by Gasteiger charge is 2.33. The van der Waals surface area contributed by atoms with Crippen molar-refractivity contribution in [2.45, 2.75) is 25.7 Å². The summed E-state index contributed by atoms with van der Waals surface area (Å²) in [5, 5.41) is 8.77. The molecule has 1 aromatic carbocycles. The molecule has 2 heterocycles. The Bertz CT molecular complexity index is 841. The van der Waals surface area contributed by atoms with Gasteiger partial charge in [-0.1, -0.05) is 29.4 Å². The van der Waals surface area contributed by atoms with Crippen LogP contribution in [0, 0.1) is 6.92 Å². The first-order chi connectivity index (χ1) is 11.6. The third kappa shape index (κ3) is 2.96. The molecule has 0 spiro atoms. The van der Waals surface area contributed by atoms with Gasteiger partial charge in [0.1, 0.15) is 0 Å². The second-order valence-corrected chi connectivity index (χ2v) is 7.54. The van der Waals surface area contributed by atoms with E-state index < -0.39 is 0 Å². The Labute approximate surface area is 149 Å². The number of hydrogen-bond acceptors (Lipinski definition) is 4. The third-order valence-corrected chi connectivity index (χ3v) is 5.52. The quantitative estimate of drug-likeness (QED) is 0.910. The maximum atomic E-state index is 12.6. The molecule has 1 fully saturated rings. The van der Waals surface area contributed by atoms with Gasteiger partial charge in [0.2, 0.25) is 0 Å². The van der Waals surface area contributed by atoms with Crippen molar-refractivity contribution in [3.8, 4) is 5.69 Å². The molecular weight excluding hydrogens is 344 g/mol. The highest BCUT2D eigenvalue weighted by molar-refractivity contribution is 8.14. The van der Waals surface area contributed by atoms with Gasteiger partial charge in [0.05, 0.1) is 29.7 Å². The Balaban J connectivity index is 1.70. The molecule has 1 aromatic heterocycles. The summed E-state index contributed by atoms with van der Waals surface area (Å²) >= 11 is 7.83. The number of nitrogens with one attached hydrogen (secondary N) is 1. The lowest BCUT2D eigenvalue weighted by Crippen LogP contribution is -2.28. The number of nitrogens with zero attached hydrogens (tertiary/aromatic N) is 3. The summed E-state index contributed by atoms with van der Waals surface area (Å²) in [6.07, 6.45) is 3.82. The molecule has 24 heavy (non-hydrogen) atoms. The molecule has 1 amide bonds. The van der Waals surface area contributed by atoms with Crippen LogP contribution >= 0.6 is 23.4 Å². The zero-order valence-corrected chi connectivity index (χ0v) is 14.8. The van der Waals surface area contributed by atoms with Gasteiger partial charge in [0, 0.05) is 16.7 Å². The van der Waals surface area contributed by atoms with Crippen molar-refractivity contribution in [1.82, 2.24) is 15.1 Å². The number of benzene rings is 1. The van der Waals surface area contributed by atoms with E-state index in [9.17, 15) is 4.79 Å². The largest absolute Gasteiger partial charge is 0.301 e. The fourth-order valence-electron chi connectivity index (χ4n) is 2.78. The summed E-state index contributed by atoms with van der Waals surface area (Å²) in [5.74, 6) is 1.17. The summed E-state index contributed by atoms with van der Waals surface area (Å²) in [6, 6.07) is 5.85. The lowest BCUT2D eigenvalue weighted by atomic mass is 10.1. The normalized spacial score (nSPS) is 17.0. The van der Waals surface area contributed by atoms with E-state index >= 15 is 0 Å². The Morgan fingerprint density at radius 3 is 2.92 bits per heavy atom. The number of carbonyl (C=O) groups excluding carboxylic acids is 1. The van der Waals surface area contributed by atoms with Gasteiger partial charge in [-0.3, -0.25) is 9.79 Å². The Kier molecular flexibility index (Phi) is 4.10. The first-order valence-electron chi connectivity index (χ1n) is 7.96. The molecule has 2 aromatic rings. The standard InChI is InChI=1S/C17H17ClN4OS/c1-10-2-5-12(8-14(10)18)22-15(11-3-4-11)13(9-20-22)16(23)21-17-19-6-7-24-17/h2,5,8-9,11H,3-4,6-7H2,1H3,(H,19,21,23). The topological polar surface area (TPSA) is 59.3 Å².